The van der Waals surface area contributed by atoms with Crippen LogP contribution in [-0.2, 0) is 23.5 Å². The summed E-state index contributed by atoms with van der Waals surface area (Å²) in [6, 6.07) is 0. The number of aliphatic hydroxyl groups excluding tert-OH is 1. The first-order valence-electron chi connectivity index (χ1n) is 18.8. The van der Waals surface area contributed by atoms with Crippen LogP contribution in [0.2, 0.25) is 0 Å². The molecular formula is C35H66N2O12P2. The van der Waals surface area contributed by atoms with Crippen LogP contribution >= 0.6 is 15.2 Å². The van der Waals surface area contributed by atoms with E-state index in [1.165, 1.54) is 51.4 Å². The van der Waals surface area contributed by atoms with Gasteiger partial charge < -0.3 is 50.3 Å². The Morgan fingerprint density at radius 2 is 1.51 bits per heavy atom. The lowest BCUT2D eigenvalue weighted by atomic mass is 9.43. The van der Waals surface area contributed by atoms with Gasteiger partial charge in [-0.15, -0.1) is 0 Å². The van der Waals surface area contributed by atoms with Crippen molar-refractivity contribution in [2.45, 2.75) is 147 Å². The smallest absolute Gasteiger partial charge is 0.369 e. The SMILES string of the molecule is CCCCCC[C@](C)(O)C1CCC2C3C[C@H](OC)C4CC(O)CCC4(C)[C@H]3CCC21C.O=CNCC(=O)NCCCC(O)(P(=O)(O)O)P(=O)(O)O. The molecule has 51 heavy (non-hydrogen) atoms. The second-order valence-electron chi connectivity index (χ2n) is 16.6. The van der Waals surface area contributed by atoms with Crippen molar-refractivity contribution in [3.05, 3.63) is 0 Å². The van der Waals surface area contributed by atoms with Gasteiger partial charge in [0, 0.05) is 20.1 Å². The second kappa shape index (κ2) is 17.7. The number of fused-ring (bicyclic) bond motifs is 5. The van der Waals surface area contributed by atoms with Crippen LogP contribution in [0.3, 0.4) is 0 Å². The van der Waals surface area contributed by atoms with E-state index in [4.69, 9.17) is 24.3 Å². The van der Waals surface area contributed by atoms with Crippen molar-refractivity contribution in [3.63, 3.8) is 0 Å². The predicted molar refractivity (Wildman–Crippen MR) is 192 cm³/mol. The largest absolute Gasteiger partial charge is 0.393 e. The molecule has 0 aromatic heterocycles. The zero-order chi connectivity index (χ0) is 38.5. The number of ether oxygens (including phenoxy) is 1. The van der Waals surface area contributed by atoms with Gasteiger partial charge >= 0.3 is 15.2 Å². The van der Waals surface area contributed by atoms with Gasteiger partial charge in [-0.05, 0) is 112 Å². The van der Waals surface area contributed by atoms with E-state index in [1.807, 2.05) is 7.11 Å². The van der Waals surface area contributed by atoms with Gasteiger partial charge in [0.1, 0.15) is 0 Å². The van der Waals surface area contributed by atoms with Crippen LogP contribution in [0.1, 0.15) is 124 Å². The Morgan fingerprint density at radius 1 is 0.882 bits per heavy atom. The zero-order valence-corrected chi connectivity index (χ0v) is 33.0. The minimum Gasteiger partial charge on any atom is -0.393 e. The van der Waals surface area contributed by atoms with Crippen LogP contribution in [0.5, 0.6) is 0 Å². The Labute approximate surface area is 303 Å². The molecule has 4 aliphatic rings. The second-order valence-corrected chi connectivity index (χ2v) is 20.6. The van der Waals surface area contributed by atoms with Gasteiger partial charge in [-0.25, -0.2) is 0 Å². The number of unbranched alkanes of at least 4 members (excludes halogenated alkanes) is 3. The minimum absolute atomic E-state index is 0.139. The van der Waals surface area contributed by atoms with E-state index in [0.717, 1.165) is 49.9 Å². The van der Waals surface area contributed by atoms with Crippen LogP contribution in [-0.4, -0.2) is 90.3 Å². The molecule has 16 heteroatoms. The molecule has 4 fully saturated rings. The first-order valence-corrected chi connectivity index (χ1v) is 22.1. The third-order valence-corrected chi connectivity index (χ3v) is 17.4. The van der Waals surface area contributed by atoms with Gasteiger partial charge in [-0.3, -0.25) is 18.7 Å². The topological polar surface area (TPSA) is 243 Å². The van der Waals surface area contributed by atoms with Crippen molar-refractivity contribution in [1.29, 1.82) is 0 Å². The minimum atomic E-state index is -5.47. The average molecular weight is 769 g/mol. The summed E-state index contributed by atoms with van der Waals surface area (Å²) in [6.45, 7) is 8.97. The summed E-state index contributed by atoms with van der Waals surface area (Å²) < 4.78 is 28.1. The number of amides is 2. The van der Waals surface area contributed by atoms with Crippen molar-refractivity contribution in [1.82, 2.24) is 10.6 Å². The lowest BCUT2D eigenvalue weighted by Crippen LogP contribution is -2.59. The van der Waals surface area contributed by atoms with Crippen molar-refractivity contribution in [2.24, 2.45) is 40.4 Å². The first-order chi connectivity index (χ1) is 23.6. The van der Waals surface area contributed by atoms with E-state index in [0.29, 0.717) is 23.7 Å². The van der Waals surface area contributed by atoms with Crippen molar-refractivity contribution >= 4 is 27.5 Å². The molecule has 0 heterocycles. The molecule has 2 amide bonds. The Balaban J connectivity index is 0.000000306. The molecular weight excluding hydrogens is 702 g/mol. The lowest BCUT2D eigenvalue weighted by molar-refractivity contribution is -0.185. The maximum absolute atomic E-state index is 11.6. The third-order valence-electron chi connectivity index (χ3n) is 13.5. The molecule has 10 atom stereocenters. The number of nitrogens with one attached hydrogen (secondary N) is 2. The Hall–Kier alpha value is -0.920. The maximum atomic E-state index is 11.6. The monoisotopic (exact) mass is 768 g/mol. The fraction of sp³-hybridized carbons (Fsp3) is 0.943. The van der Waals surface area contributed by atoms with Gasteiger partial charge in [0.25, 0.3) is 5.08 Å². The molecule has 9 N–H and O–H groups in total. The molecule has 0 saturated heterocycles. The third kappa shape index (κ3) is 9.85. The molecule has 0 spiro atoms. The Kier molecular flexibility index (Phi) is 15.4. The number of aliphatic hydroxyl groups is 3. The molecule has 0 aromatic carbocycles. The van der Waals surface area contributed by atoms with Gasteiger partial charge in [-0.2, -0.15) is 0 Å². The summed E-state index contributed by atoms with van der Waals surface area (Å²) in [4.78, 5) is 56.2. The Morgan fingerprint density at radius 3 is 2.10 bits per heavy atom. The summed E-state index contributed by atoms with van der Waals surface area (Å²) in [6.07, 6.45) is 14.4. The molecule has 7 unspecified atom stereocenters. The molecule has 14 nitrogen and oxygen atoms in total. The molecule has 298 valence electrons. The summed E-state index contributed by atoms with van der Waals surface area (Å²) in [5.41, 5.74) is 0.0524. The normalized spacial score (nSPS) is 34.9. The molecule has 0 aliphatic heterocycles. The zero-order valence-electron chi connectivity index (χ0n) is 31.2. The van der Waals surface area contributed by atoms with Crippen molar-refractivity contribution in [3.8, 4) is 0 Å². The van der Waals surface area contributed by atoms with E-state index in [2.05, 4.69) is 38.3 Å². The van der Waals surface area contributed by atoms with Gasteiger partial charge in [0.15, 0.2) is 0 Å². The first kappa shape index (κ1) is 44.5. The number of carbonyl (C=O) groups excluding carboxylic acids is 2. The highest BCUT2D eigenvalue weighted by Crippen LogP contribution is 2.70. The number of rotatable bonds is 16. The summed E-state index contributed by atoms with van der Waals surface area (Å²) in [5, 5.41) is 32.3. The van der Waals surface area contributed by atoms with Crippen LogP contribution < -0.4 is 10.6 Å². The summed E-state index contributed by atoms with van der Waals surface area (Å²) in [7, 11) is -9.04. The van der Waals surface area contributed by atoms with Crippen molar-refractivity contribution < 1.29 is 58.3 Å². The fourth-order valence-electron chi connectivity index (χ4n) is 10.8. The standard InChI is InChI=1S/C28H50O3.C7H16N2O9P2/c1-6-7-8-9-14-28(4,30)25-11-10-21-20-18-24(31-5)23-17-19(29)12-15-26(23,2)22(20)13-16-27(21,25)3;10-5-8-4-6(11)9-3-1-2-7(12,19(13,14)15)20(16,17)18/h19-25,29-30H,6-18H2,1-5H3;5,12H,1-4H2,(H,8,10)(H,9,11)(H2,13,14,15)(H2,16,17,18)/t19?,20?,21?,22-,23?,24-,25?,26?,27?,28-;/m0./s1. The number of hydrogen-bond donors (Lipinski definition) is 9. The van der Waals surface area contributed by atoms with Gasteiger partial charge in [0.05, 0.1) is 24.4 Å². The van der Waals surface area contributed by atoms with Crippen LogP contribution in [0, 0.1) is 40.4 Å². The van der Waals surface area contributed by atoms with Crippen LogP contribution in [0.4, 0.5) is 0 Å². The van der Waals surface area contributed by atoms with Crippen molar-refractivity contribution in [2.75, 3.05) is 20.2 Å². The number of methoxy groups -OCH3 is 1. The summed E-state index contributed by atoms with van der Waals surface area (Å²) in [5.74, 6) is 2.55. The lowest BCUT2D eigenvalue weighted by Gasteiger charge is -2.63. The fourth-order valence-corrected chi connectivity index (χ4v) is 13.1. The average Bonchev–Trinajstić information content (AvgIpc) is 3.41. The summed E-state index contributed by atoms with van der Waals surface area (Å²) >= 11 is 0. The quantitative estimate of drug-likeness (QED) is 0.0615. The predicted octanol–water partition coefficient (Wildman–Crippen LogP) is 3.98. The van der Waals surface area contributed by atoms with Crippen LogP contribution in [0.15, 0.2) is 0 Å². The Bertz CT molecular complexity index is 1240. The highest BCUT2D eigenvalue weighted by Gasteiger charge is 2.64. The number of hydrogen-bond acceptors (Lipinski definition) is 8. The van der Waals surface area contributed by atoms with E-state index < -0.39 is 38.2 Å². The molecule has 4 saturated carbocycles. The molecule has 4 rings (SSSR count). The molecule has 0 radical (unpaired) electrons. The van der Waals surface area contributed by atoms with E-state index >= 15 is 0 Å². The van der Waals surface area contributed by atoms with E-state index in [1.54, 1.807) is 0 Å². The molecule has 0 bridgehead atoms. The molecule has 4 aliphatic carbocycles. The van der Waals surface area contributed by atoms with E-state index in [-0.39, 0.29) is 37.1 Å². The van der Waals surface area contributed by atoms with Gasteiger partial charge in [-0.1, -0.05) is 46.5 Å². The maximum Gasteiger partial charge on any atom is 0.369 e. The highest BCUT2D eigenvalue weighted by molar-refractivity contribution is 7.72. The highest BCUT2D eigenvalue weighted by atomic mass is 31.2. The van der Waals surface area contributed by atoms with Gasteiger partial charge in [0.2, 0.25) is 12.3 Å². The van der Waals surface area contributed by atoms with E-state index in [9.17, 15) is 34.0 Å². The number of carbonyl (C=O) groups is 2. The molecule has 0 aromatic rings. The van der Waals surface area contributed by atoms with Crippen LogP contribution in [0.25, 0.3) is 0 Å².